The Morgan fingerprint density at radius 1 is 1.25 bits per heavy atom. The molecule has 0 amide bonds. The van der Waals surface area contributed by atoms with E-state index in [1.54, 1.807) is 0 Å². The van der Waals surface area contributed by atoms with E-state index in [1.165, 1.54) is 0 Å². The molecule has 0 aliphatic carbocycles. The van der Waals surface area contributed by atoms with Crippen molar-refractivity contribution in [3.8, 4) is 0 Å². The predicted octanol–water partition coefficient (Wildman–Crippen LogP) is -0.0848. The van der Waals surface area contributed by atoms with Gasteiger partial charge in [0, 0.05) is 18.6 Å². The molecule has 0 fully saturated rings. The molecule has 2 N–H and O–H groups in total. The summed E-state index contributed by atoms with van der Waals surface area (Å²) in [6.45, 7) is 0. The molecule has 0 spiro atoms. The first kappa shape index (κ1) is 22.8. The summed E-state index contributed by atoms with van der Waals surface area (Å²) in [6.07, 6.45) is 0. The van der Waals surface area contributed by atoms with Crippen molar-refractivity contribution in [3.63, 3.8) is 0 Å². The minimum atomic E-state index is 0. The molecular formula is H2O2PV. The first-order valence-corrected chi connectivity index (χ1v) is 0.548. The Hall–Kier alpha value is 0.644. The van der Waals surface area contributed by atoms with Crippen molar-refractivity contribution in [2.75, 3.05) is 0 Å². The predicted molar refractivity (Wildman–Crippen MR) is 11.2 cm³/mol. The van der Waals surface area contributed by atoms with Gasteiger partial charge in [-0.3, -0.25) is 4.57 Å². The average molecular weight is 116 g/mol. The summed E-state index contributed by atoms with van der Waals surface area (Å²) in [5, 5.41) is 0. The molecule has 0 unspecified atom stereocenters. The van der Waals surface area contributed by atoms with Gasteiger partial charge < -0.3 is 5.48 Å². The van der Waals surface area contributed by atoms with Crippen molar-refractivity contribution in [2.45, 2.75) is 0 Å². The van der Waals surface area contributed by atoms with Crippen LogP contribution in [0.2, 0.25) is 0 Å². The van der Waals surface area contributed by atoms with E-state index in [0.717, 1.165) is 0 Å². The molecule has 0 aromatic heterocycles. The fourth-order valence-corrected chi connectivity index (χ4v) is 0. The van der Waals surface area contributed by atoms with Gasteiger partial charge in [0.15, 0.2) is 0 Å². The van der Waals surface area contributed by atoms with Crippen LogP contribution >= 0.6 is 9.12 Å². The van der Waals surface area contributed by atoms with Crippen LogP contribution in [0.15, 0.2) is 0 Å². The smallest absolute Gasteiger partial charge is 0.261 e. The van der Waals surface area contributed by atoms with Crippen LogP contribution in [-0.4, -0.2) is 5.48 Å². The molecule has 4 heavy (non-hydrogen) atoms. The Bertz CT molecular complexity index is 6.00. The van der Waals surface area contributed by atoms with Crippen molar-refractivity contribution in [1.29, 1.82) is 0 Å². The second-order valence-corrected chi connectivity index (χ2v) is 0. The van der Waals surface area contributed by atoms with Crippen LogP contribution in [0.5, 0.6) is 0 Å². The van der Waals surface area contributed by atoms with Crippen molar-refractivity contribution in [3.05, 3.63) is 0 Å². The summed E-state index contributed by atoms with van der Waals surface area (Å²) in [7, 11) is 2.28. The molecule has 0 rings (SSSR count). The molecule has 2 radical (unpaired) electrons. The maximum Gasteiger partial charge on any atom is 0.261 e. The Morgan fingerprint density at radius 3 is 1.25 bits per heavy atom. The second-order valence-electron chi connectivity index (χ2n) is 0. The zero-order valence-corrected chi connectivity index (χ0v) is 4.09. The normalized spacial score (nSPS) is 1.00. The van der Waals surface area contributed by atoms with Crippen LogP contribution < -0.4 is 0 Å². The third-order valence-corrected chi connectivity index (χ3v) is 0. The number of rotatable bonds is 0. The number of hydrogen-bond acceptors (Lipinski definition) is 1. The van der Waals surface area contributed by atoms with Gasteiger partial charge in [-0.05, 0) is 0 Å². The van der Waals surface area contributed by atoms with Gasteiger partial charge in [0.1, 0.15) is 0 Å². The molecule has 0 bridgehead atoms. The summed E-state index contributed by atoms with van der Waals surface area (Å²) in [6, 6.07) is 0. The van der Waals surface area contributed by atoms with Gasteiger partial charge in [-0.15, -0.1) is 0 Å². The first-order chi connectivity index (χ1) is 1.00. The molecule has 0 saturated carbocycles. The van der Waals surface area contributed by atoms with Gasteiger partial charge in [0.25, 0.3) is 9.12 Å². The van der Waals surface area contributed by atoms with Crippen molar-refractivity contribution >= 4 is 9.12 Å². The maximum atomic E-state index is 7.94. The van der Waals surface area contributed by atoms with Gasteiger partial charge in [-0.25, -0.2) is 0 Å². The molecule has 0 aromatic rings. The van der Waals surface area contributed by atoms with Crippen LogP contribution in [0, 0.1) is 0 Å². The number of hydrogen-bond donors (Lipinski definition) is 0. The van der Waals surface area contributed by atoms with Crippen molar-refractivity contribution in [2.24, 2.45) is 0 Å². The minimum Gasteiger partial charge on any atom is -0.412 e. The third kappa shape index (κ3) is 17.2. The Balaban J connectivity index is -0.00000000500. The minimum absolute atomic E-state index is 0. The molecule has 0 heterocycles. The molecular weight excluding hydrogens is 114 g/mol. The summed E-state index contributed by atoms with van der Waals surface area (Å²) in [4.78, 5) is 0. The van der Waals surface area contributed by atoms with Crippen LogP contribution in [0.3, 0.4) is 0 Å². The zero-order valence-electron chi connectivity index (χ0n) is 1.80. The SMILES string of the molecule is O.O=[P].[V]. The summed E-state index contributed by atoms with van der Waals surface area (Å²) >= 11 is 0. The van der Waals surface area contributed by atoms with Crippen molar-refractivity contribution < 1.29 is 28.6 Å². The molecule has 0 aliphatic rings. The van der Waals surface area contributed by atoms with Crippen molar-refractivity contribution in [1.82, 2.24) is 0 Å². The molecule has 4 heteroatoms. The van der Waals surface area contributed by atoms with E-state index in [1.807, 2.05) is 0 Å². The van der Waals surface area contributed by atoms with Gasteiger partial charge in [-0.2, -0.15) is 0 Å². The van der Waals surface area contributed by atoms with Crippen LogP contribution in [0.4, 0.5) is 0 Å². The Kier molecular flexibility index (Phi) is 350. The largest absolute Gasteiger partial charge is 0.412 e. The topological polar surface area (TPSA) is 48.6 Å². The van der Waals surface area contributed by atoms with Gasteiger partial charge in [0.05, 0.1) is 0 Å². The second kappa shape index (κ2) is 61.4. The average Bonchev–Trinajstić information content (AvgIpc) is 1.00. The van der Waals surface area contributed by atoms with E-state index in [-0.39, 0.29) is 24.0 Å². The van der Waals surface area contributed by atoms with Crippen LogP contribution in [0.25, 0.3) is 0 Å². The molecule has 0 saturated heterocycles. The van der Waals surface area contributed by atoms with Gasteiger partial charge >= 0.3 is 0 Å². The van der Waals surface area contributed by atoms with E-state index in [9.17, 15) is 0 Å². The van der Waals surface area contributed by atoms with Gasteiger partial charge in [-0.1, -0.05) is 0 Å². The monoisotopic (exact) mass is 116 g/mol. The molecule has 0 aromatic carbocycles. The Morgan fingerprint density at radius 2 is 1.25 bits per heavy atom. The first-order valence-electron chi connectivity index (χ1n) is 0.183. The Labute approximate surface area is 38.4 Å². The van der Waals surface area contributed by atoms with E-state index in [0.29, 0.717) is 0 Å². The summed E-state index contributed by atoms with van der Waals surface area (Å²) < 4.78 is 7.94. The van der Waals surface area contributed by atoms with Gasteiger partial charge in [0.2, 0.25) is 0 Å². The standard InChI is InChI=1S/OP.H2O.V/c1-2;;/h;1H2;. The van der Waals surface area contributed by atoms with Crippen LogP contribution in [0.1, 0.15) is 0 Å². The van der Waals surface area contributed by atoms with E-state index in [2.05, 4.69) is 9.12 Å². The van der Waals surface area contributed by atoms with E-state index in [4.69, 9.17) is 4.57 Å². The summed E-state index contributed by atoms with van der Waals surface area (Å²) in [5.74, 6) is 0. The maximum absolute atomic E-state index is 7.94. The summed E-state index contributed by atoms with van der Waals surface area (Å²) in [5.41, 5.74) is 0. The van der Waals surface area contributed by atoms with E-state index < -0.39 is 0 Å². The molecule has 0 aliphatic heterocycles. The molecule has 24 valence electrons. The molecule has 0 atom stereocenters. The fraction of sp³-hybridized carbons (Fsp3) is 0. The van der Waals surface area contributed by atoms with Crippen LogP contribution in [-0.2, 0) is 23.1 Å². The fourth-order valence-electron chi connectivity index (χ4n) is 0. The third-order valence-electron chi connectivity index (χ3n) is 0. The molecule has 2 nitrogen and oxygen atoms in total. The zero-order chi connectivity index (χ0) is 2.00. The van der Waals surface area contributed by atoms with E-state index >= 15 is 0 Å². The quantitative estimate of drug-likeness (QED) is 0.408.